The van der Waals surface area contributed by atoms with Gasteiger partial charge < -0.3 is 9.84 Å². The number of aliphatic hydroxyl groups excluding tert-OH is 1. The first-order valence-electron chi connectivity index (χ1n) is 13.6. The molecular formula is C31H28N4O6S2. The van der Waals surface area contributed by atoms with Gasteiger partial charge in [-0.05, 0) is 48.7 Å². The summed E-state index contributed by atoms with van der Waals surface area (Å²) in [5.74, 6) is -1.02. The summed E-state index contributed by atoms with van der Waals surface area (Å²) in [5, 5.41) is 31.5. The number of unbranched alkanes of at least 4 members (excludes halogenated alkanes) is 1. The number of carbonyl (C=O) groups is 2. The van der Waals surface area contributed by atoms with Crippen molar-refractivity contribution in [3.8, 4) is 5.75 Å². The number of Topliss-reactive ketones (excluding diaryl/α,β-unsaturated/α-hetero) is 1. The predicted octanol–water partition coefficient (Wildman–Crippen LogP) is 6.85. The van der Waals surface area contributed by atoms with Crippen LogP contribution in [0.2, 0.25) is 0 Å². The first kappa shape index (κ1) is 29.9. The zero-order valence-corrected chi connectivity index (χ0v) is 25.1. The molecule has 220 valence electrons. The molecule has 1 fully saturated rings. The maximum atomic E-state index is 13.5. The summed E-state index contributed by atoms with van der Waals surface area (Å²) in [5.41, 5.74) is 2.39. The first-order chi connectivity index (χ1) is 20.8. The largest absolute Gasteiger partial charge is 0.507 e. The Kier molecular flexibility index (Phi) is 9.17. The second kappa shape index (κ2) is 13.2. The molecule has 1 atom stereocenters. The van der Waals surface area contributed by atoms with Gasteiger partial charge in [0.15, 0.2) is 4.34 Å². The molecule has 1 N–H and O–H groups in total. The van der Waals surface area contributed by atoms with Crippen molar-refractivity contribution in [1.29, 1.82) is 0 Å². The lowest BCUT2D eigenvalue weighted by molar-refractivity contribution is -0.384. The van der Waals surface area contributed by atoms with Crippen molar-refractivity contribution in [2.24, 2.45) is 0 Å². The van der Waals surface area contributed by atoms with Crippen LogP contribution >= 0.6 is 23.1 Å². The second-order valence-electron chi connectivity index (χ2n) is 9.87. The Hall–Kier alpha value is -4.55. The van der Waals surface area contributed by atoms with E-state index in [-0.39, 0.29) is 22.0 Å². The molecule has 0 spiro atoms. The van der Waals surface area contributed by atoms with Gasteiger partial charge >= 0.3 is 5.91 Å². The summed E-state index contributed by atoms with van der Waals surface area (Å²) in [6.45, 7) is 4.62. The molecule has 0 bridgehead atoms. The highest BCUT2D eigenvalue weighted by atomic mass is 32.2. The summed E-state index contributed by atoms with van der Waals surface area (Å²) in [6, 6.07) is 19.1. The third kappa shape index (κ3) is 6.60. The lowest BCUT2D eigenvalue weighted by atomic mass is 9.95. The average Bonchev–Trinajstić information content (AvgIpc) is 3.58. The molecular weight excluding hydrogens is 588 g/mol. The molecule has 2 heterocycles. The van der Waals surface area contributed by atoms with E-state index in [0.29, 0.717) is 28.0 Å². The number of aliphatic hydroxyl groups is 1. The fraction of sp³-hybridized carbons (Fsp3) is 0.226. The number of nitrogens with zero attached hydrogens (tertiary/aromatic N) is 4. The molecule has 1 saturated heterocycles. The number of ether oxygens (including phenoxy) is 1. The van der Waals surface area contributed by atoms with Gasteiger partial charge in [0.25, 0.3) is 11.5 Å². The number of carbonyl (C=O) groups excluding carboxylic acids is 2. The van der Waals surface area contributed by atoms with Crippen LogP contribution in [0.15, 0.2) is 82.7 Å². The fourth-order valence-electron chi connectivity index (χ4n) is 4.54. The van der Waals surface area contributed by atoms with E-state index in [2.05, 4.69) is 17.1 Å². The minimum Gasteiger partial charge on any atom is -0.507 e. The van der Waals surface area contributed by atoms with Gasteiger partial charge in [-0.15, -0.1) is 10.2 Å². The average molecular weight is 617 g/mol. The number of nitro benzene ring substituents is 1. The van der Waals surface area contributed by atoms with E-state index >= 15 is 0 Å². The van der Waals surface area contributed by atoms with E-state index in [1.165, 1.54) is 30.0 Å². The zero-order valence-electron chi connectivity index (χ0n) is 23.4. The number of hydrogen-bond acceptors (Lipinski definition) is 10. The SMILES string of the molecule is CCCCOc1ccc(C(O)=C2C(=O)C(=O)N(c3nnc(SCc4ccc(C)cc4)s3)[C@H]2c2cccc([N+](=O)[O-])c2)cc1. The van der Waals surface area contributed by atoms with E-state index in [4.69, 9.17) is 4.74 Å². The van der Waals surface area contributed by atoms with Crippen molar-refractivity contribution in [3.05, 3.63) is 111 Å². The summed E-state index contributed by atoms with van der Waals surface area (Å²) in [4.78, 5) is 39.1. The lowest BCUT2D eigenvalue weighted by Gasteiger charge is -2.22. The smallest absolute Gasteiger partial charge is 0.301 e. The van der Waals surface area contributed by atoms with Crippen LogP contribution in [0, 0.1) is 17.0 Å². The molecule has 5 rings (SSSR count). The van der Waals surface area contributed by atoms with Crippen LogP contribution in [0.5, 0.6) is 5.75 Å². The van der Waals surface area contributed by atoms with Crippen LogP contribution in [0.4, 0.5) is 10.8 Å². The third-order valence-electron chi connectivity index (χ3n) is 6.82. The molecule has 1 aromatic heterocycles. The number of aryl methyl sites for hydroxylation is 1. The number of thioether (sulfide) groups is 1. The van der Waals surface area contributed by atoms with Crippen LogP contribution in [0.3, 0.4) is 0 Å². The number of hydrogen-bond donors (Lipinski definition) is 1. The minimum absolute atomic E-state index is 0.142. The van der Waals surface area contributed by atoms with E-state index in [1.807, 2.05) is 31.2 Å². The van der Waals surface area contributed by atoms with Gasteiger partial charge in [-0.3, -0.25) is 24.6 Å². The standard InChI is InChI=1S/C31H28N4O6S2/c1-3-4-16-41-24-14-12-21(13-15-24)27(36)25-26(22-6-5-7-23(17-22)35(39)40)34(29(38)28(25)37)30-32-33-31(43-30)42-18-20-10-8-19(2)9-11-20/h5-15,17,26,36H,3-4,16,18H2,1-2H3/t26-/m0/s1. The van der Waals surface area contributed by atoms with E-state index in [1.54, 1.807) is 30.3 Å². The Morgan fingerprint density at radius 1 is 1.09 bits per heavy atom. The molecule has 4 aromatic rings. The van der Waals surface area contributed by atoms with Crippen molar-refractivity contribution < 1.29 is 24.4 Å². The molecule has 3 aromatic carbocycles. The number of anilines is 1. The van der Waals surface area contributed by atoms with Crippen LogP contribution < -0.4 is 9.64 Å². The molecule has 0 saturated carbocycles. The van der Waals surface area contributed by atoms with Gasteiger partial charge in [-0.25, -0.2) is 0 Å². The van der Waals surface area contributed by atoms with Gasteiger partial charge in [0.1, 0.15) is 11.5 Å². The highest BCUT2D eigenvalue weighted by Gasteiger charge is 2.48. The molecule has 10 nitrogen and oxygen atoms in total. The van der Waals surface area contributed by atoms with Gasteiger partial charge in [-0.1, -0.05) is 78.4 Å². The first-order valence-corrected chi connectivity index (χ1v) is 15.4. The van der Waals surface area contributed by atoms with Crippen LogP contribution in [0.1, 0.15) is 48.1 Å². The van der Waals surface area contributed by atoms with Gasteiger partial charge in [0.05, 0.1) is 23.1 Å². The Morgan fingerprint density at radius 2 is 1.84 bits per heavy atom. The highest BCUT2D eigenvalue weighted by molar-refractivity contribution is 8.00. The van der Waals surface area contributed by atoms with Crippen LogP contribution in [0.25, 0.3) is 5.76 Å². The highest BCUT2D eigenvalue weighted by Crippen LogP contribution is 2.44. The quantitative estimate of drug-likeness (QED) is 0.0280. The van der Waals surface area contributed by atoms with Gasteiger partial charge in [0.2, 0.25) is 5.13 Å². The van der Waals surface area contributed by atoms with E-state index < -0.39 is 28.4 Å². The summed E-state index contributed by atoms with van der Waals surface area (Å²) in [7, 11) is 0. The number of non-ortho nitro benzene ring substituents is 1. The summed E-state index contributed by atoms with van der Waals surface area (Å²) in [6.07, 6.45) is 1.88. The Balaban J connectivity index is 1.51. The van der Waals surface area contributed by atoms with Crippen LogP contribution in [-0.2, 0) is 15.3 Å². The van der Waals surface area contributed by atoms with Crippen molar-refractivity contribution in [1.82, 2.24) is 10.2 Å². The molecule has 12 heteroatoms. The van der Waals surface area contributed by atoms with Crippen LogP contribution in [-0.4, -0.2) is 38.5 Å². The maximum absolute atomic E-state index is 13.5. The van der Waals surface area contributed by atoms with Crippen molar-refractivity contribution in [2.75, 3.05) is 11.5 Å². The number of amides is 1. The summed E-state index contributed by atoms with van der Waals surface area (Å²) < 4.78 is 6.27. The zero-order chi connectivity index (χ0) is 30.5. The van der Waals surface area contributed by atoms with Gasteiger partial charge in [0, 0.05) is 23.4 Å². The molecule has 0 radical (unpaired) electrons. The Morgan fingerprint density at radius 3 is 2.53 bits per heavy atom. The fourth-order valence-corrected chi connectivity index (χ4v) is 6.36. The molecule has 1 amide bonds. The minimum atomic E-state index is -1.16. The van der Waals surface area contributed by atoms with Crippen molar-refractivity contribution in [3.63, 3.8) is 0 Å². The number of nitro groups is 1. The monoisotopic (exact) mass is 616 g/mol. The molecule has 1 aliphatic rings. The van der Waals surface area contributed by atoms with Crippen molar-refractivity contribution in [2.45, 2.75) is 42.8 Å². The second-order valence-corrected chi connectivity index (χ2v) is 12.1. The molecule has 43 heavy (non-hydrogen) atoms. The molecule has 1 aliphatic heterocycles. The number of rotatable bonds is 11. The Labute approximate surface area is 256 Å². The summed E-state index contributed by atoms with van der Waals surface area (Å²) >= 11 is 2.56. The van der Waals surface area contributed by atoms with Gasteiger partial charge in [-0.2, -0.15) is 0 Å². The number of benzene rings is 3. The Bertz CT molecular complexity index is 1690. The van der Waals surface area contributed by atoms with E-state index in [9.17, 15) is 24.8 Å². The predicted molar refractivity (Wildman–Crippen MR) is 165 cm³/mol. The third-order valence-corrected chi connectivity index (χ3v) is 8.95. The number of ketones is 1. The number of aromatic nitrogens is 2. The van der Waals surface area contributed by atoms with E-state index in [0.717, 1.165) is 40.2 Å². The lowest BCUT2D eigenvalue weighted by Crippen LogP contribution is -2.29. The molecule has 0 unspecified atom stereocenters. The molecule has 0 aliphatic carbocycles. The normalized spacial score (nSPS) is 16.0. The van der Waals surface area contributed by atoms with Crippen molar-refractivity contribution >= 4 is 51.4 Å². The maximum Gasteiger partial charge on any atom is 0.301 e. The topological polar surface area (TPSA) is 136 Å².